The SMILES string of the molecule is O=C(O)c1cc(CCc2cccc(Cl)c2)ncn1. The first kappa shape index (κ1) is 12.5. The summed E-state index contributed by atoms with van der Waals surface area (Å²) in [5.41, 5.74) is 1.83. The monoisotopic (exact) mass is 262 g/mol. The van der Waals surface area contributed by atoms with Gasteiger partial charge in [-0.3, -0.25) is 0 Å². The molecule has 18 heavy (non-hydrogen) atoms. The molecule has 2 aromatic rings. The van der Waals surface area contributed by atoms with Crippen molar-refractivity contribution in [2.24, 2.45) is 0 Å². The molecule has 0 aliphatic carbocycles. The van der Waals surface area contributed by atoms with Crippen LogP contribution in [-0.4, -0.2) is 21.0 Å². The van der Waals surface area contributed by atoms with Crippen LogP contribution in [0.15, 0.2) is 36.7 Å². The number of hydrogen-bond acceptors (Lipinski definition) is 3. The zero-order chi connectivity index (χ0) is 13.0. The number of hydrogen-bond donors (Lipinski definition) is 1. The molecule has 1 N–H and O–H groups in total. The number of aryl methyl sites for hydroxylation is 2. The van der Waals surface area contributed by atoms with Crippen molar-refractivity contribution in [2.45, 2.75) is 12.8 Å². The minimum atomic E-state index is -1.04. The van der Waals surface area contributed by atoms with Gasteiger partial charge in [-0.15, -0.1) is 0 Å². The van der Waals surface area contributed by atoms with Gasteiger partial charge in [-0.05, 0) is 36.6 Å². The van der Waals surface area contributed by atoms with Crippen LogP contribution in [-0.2, 0) is 12.8 Å². The Bertz CT molecular complexity index is 572. The van der Waals surface area contributed by atoms with E-state index in [0.717, 1.165) is 12.0 Å². The molecular weight excluding hydrogens is 252 g/mol. The summed E-state index contributed by atoms with van der Waals surface area (Å²) in [5.74, 6) is -1.04. The van der Waals surface area contributed by atoms with E-state index in [1.54, 1.807) is 0 Å². The molecule has 0 saturated carbocycles. The van der Waals surface area contributed by atoms with E-state index >= 15 is 0 Å². The molecule has 0 aliphatic rings. The van der Waals surface area contributed by atoms with Crippen LogP contribution in [0.1, 0.15) is 21.7 Å². The highest BCUT2D eigenvalue weighted by Crippen LogP contribution is 2.12. The van der Waals surface area contributed by atoms with Gasteiger partial charge >= 0.3 is 5.97 Å². The maximum absolute atomic E-state index is 10.8. The minimum absolute atomic E-state index is 0.0195. The number of nitrogens with zero attached hydrogens (tertiary/aromatic N) is 2. The highest BCUT2D eigenvalue weighted by Gasteiger charge is 2.06. The van der Waals surface area contributed by atoms with E-state index < -0.39 is 5.97 Å². The third-order valence-corrected chi connectivity index (χ3v) is 2.74. The summed E-state index contributed by atoms with van der Waals surface area (Å²) in [6, 6.07) is 9.07. The summed E-state index contributed by atoms with van der Waals surface area (Å²) >= 11 is 5.89. The first-order chi connectivity index (χ1) is 8.65. The molecule has 0 fully saturated rings. The van der Waals surface area contributed by atoms with Crippen molar-refractivity contribution in [3.63, 3.8) is 0 Å². The van der Waals surface area contributed by atoms with Gasteiger partial charge in [-0.1, -0.05) is 23.7 Å². The number of rotatable bonds is 4. The second-order valence-corrected chi connectivity index (χ2v) is 4.27. The standard InChI is InChI=1S/C13H11ClN2O2/c14-10-3-1-2-9(6-10)4-5-11-7-12(13(17)18)16-8-15-11/h1-3,6-8H,4-5H2,(H,17,18). The van der Waals surface area contributed by atoms with Crippen LogP contribution in [0, 0.1) is 0 Å². The molecule has 1 aromatic heterocycles. The number of aromatic carboxylic acids is 1. The zero-order valence-electron chi connectivity index (χ0n) is 9.51. The fraction of sp³-hybridized carbons (Fsp3) is 0.154. The van der Waals surface area contributed by atoms with Crippen LogP contribution in [0.5, 0.6) is 0 Å². The molecule has 2 rings (SSSR count). The van der Waals surface area contributed by atoms with Crippen LogP contribution in [0.3, 0.4) is 0 Å². The Morgan fingerprint density at radius 1 is 1.22 bits per heavy atom. The van der Waals surface area contributed by atoms with Crippen LogP contribution in [0.4, 0.5) is 0 Å². The van der Waals surface area contributed by atoms with Crippen LogP contribution >= 0.6 is 11.6 Å². The molecule has 0 aliphatic heterocycles. The molecule has 0 unspecified atom stereocenters. The Hall–Kier alpha value is -1.94. The van der Waals surface area contributed by atoms with Crippen LogP contribution < -0.4 is 0 Å². The molecule has 4 nitrogen and oxygen atoms in total. The molecule has 0 bridgehead atoms. The first-order valence-electron chi connectivity index (χ1n) is 5.44. The molecule has 5 heteroatoms. The fourth-order valence-corrected chi connectivity index (χ4v) is 1.83. The molecule has 1 aromatic carbocycles. The van der Waals surface area contributed by atoms with Crippen molar-refractivity contribution in [1.82, 2.24) is 9.97 Å². The summed E-state index contributed by atoms with van der Waals surface area (Å²) < 4.78 is 0. The van der Waals surface area contributed by atoms with Crippen molar-refractivity contribution in [3.8, 4) is 0 Å². The summed E-state index contributed by atoms with van der Waals surface area (Å²) in [7, 11) is 0. The van der Waals surface area contributed by atoms with E-state index in [-0.39, 0.29) is 5.69 Å². The number of carbonyl (C=O) groups is 1. The lowest BCUT2D eigenvalue weighted by atomic mass is 10.1. The third kappa shape index (κ3) is 3.28. The van der Waals surface area contributed by atoms with E-state index in [1.165, 1.54) is 12.4 Å². The van der Waals surface area contributed by atoms with Crippen molar-refractivity contribution < 1.29 is 9.90 Å². The predicted molar refractivity (Wildman–Crippen MR) is 67.9 cm³/mol. The van der Waals surface area contributed by atoms with Crippen molar-refractivity contribution in [3.05, 3.63) is 58.6 Å². The Labute approximate surface area is 109 Å². The molecular formula is C13H11ClN2O2. The van der Waals surface area contributed by atoms with Gasteiger partial charge in [0, 0.05) is 10.7 Å². The van der Waals surface area contributed by atoms with E-state index in [9.17, 15) is 4.79 Å². The lowest BCUT2D eigenvalue weighted by Gasteiger charge is -2.02. The van der Waals surface area contributed by atoms with E-state index in [4.69, 9.17) is 16.7 Å². The number of halogens is 1. The van der Waals surface area contributed by atoms with Gasteiger partial charge in [-0.25, -0.2) is 14.8 Å². The van der Waals surface area contributed by atoms with E-state index in [0.29, 0.717) is 17.1 Å². The zero-order valence-corrected chi connectivity index (χ0v) is 10.3. The quantitative estimate of drug-likeness (QED) is 0.920. The molecule has 0 saturated heterocycles. The normalized spacial score (nSPS) is 10.3. The van der Waals surface area contributed by atoms with Gasteiger partial charge in [0.2, 0.25) is 0 Å². The molecule has 0 radical (unpaired) electrons. The maximum Gasteiger partial charge on any atom is 0.354 e. The average molecular weight is 263 g/mol. The van der Waals surface area contributed by atoms with Crippen molar-refractivity contribution in [1.29, 1.82) is 0 Å². The third-order valence-electron chi connectivity index (χ3n) is 2.50. The number of aromatic nitrogens is 2. The average Bonchev–Trinajstić information content (AvgIpc) is 2.37. The highest BCUT2D eigenvalue weighted by atomic mass is 35.5. The number of carboxylic acids is 1. The van der Waals surface area contributed by atoms with E-state index in [1.807, 2.05) is 24.3 Å². The number of carboxylic acid groups (broad SMARTS) is 1. The molecule has 0 amide bonds. The summed E-state index contributed by atoms with van der Waals surface area (Å²) in [5, 5.41) is 9.52. The summed E-state index contributed by atoms with van der Waals surface area (Å²) in [4.78, 5) is 18.5. The molecule has 92 valence electrons. The maximum atomic E-state index is 10.8. The fourth-order valence-electron chi connectivity index (χ4n) is 1.62. The van der Waals surface area contributed by atoms with Gasteiger partial charge in [0.15, 0.2) is 5.69 Å². The van der Waals surface area contributed by atoms with Crippen LogP contribution in [0.25, 0.3) is 0 Å². The second kappa shape index (κ2) is 5.60. The Morgan fingerprint density at radius 2 is 2.06 bits per heavy atom. The summed E-state index contributed by atoms with van der Waals surface area (Å²) in [6.45, 7) is 0. The van der Waals surface area contributed by atoms with Gasteiger partial charge in [0.25, 0.3) is 0 Å². The van der Waals surface area contributed by atoms with Crippen molar-refractivity contribution >= 4 is 17.6 Å². The Balaban J connectivity index is 2.06. The highest BCUT2D eigenvalue weighted by molar-refractivity contribution is 6.30. The van der Waals surface area contributed by atoms with Gasteiger partial charge in [0.05, 0.1) is 0 Å². The molecule has 1 heterocycles. The summed E-state index contributed by atoms with van der Waals surface area (Å²) in [6.07, 6.45) is 2.69. The predicted octanol–water partition coefficient (Wildman–Crippen LogP) is 2.61. The van der Waals surface area contributed by atoms with Gasteiger partial charge in [0.1, 0.15) is 6.33 Å². The smallest absolute Gasteiger partial charge is 0.354 e. The topological polar surface area (TPSA) is 63.1 Å². The van der Waals surface area contributed by atoms with E-state index in [2.05, 4.69) is 9.97 Å². The largest absolute Gasteiger partial charge is 0.477 e. The minimum Gasteiger partial charge on any atom is -0.477 e. The van der Waals surface area contributed by atoms with Gasteiger partial charge in [-0.2, -0.15) is 0 Å². The number of benzene rings is 1. The molecule has 0 atom stereocenters. The van der Waals surface area contributed by atoms with Crippen molar-refractivity contribution in [2.75, 3.05) is 0 Å². The lowest BCUT2D eigenvalue weighted by Crippen LogP contribution is -2.03. The molecule has 0 spiro atoms. The lowest BCUT2D eigenvalue weighted by molar-refractivity contribution is 0.0690. The second-order valence-electron chi connectivity index (χ2n) is 3.83. The van der Waals surface area contributed by atoms with Crippen LogP contribution in [0.2, 0.25) is 5.02 Å². The Kier molecular flexibility index (Phi) is 3.89. The first-order valence-corrected chi connectivity index (χ1v) is 5.81. The van der Waals surface area contributed by atoms with Gasteiger partial charge < -0.3 is 5.11 Å². The Morgan fingerprint density at radius 3 is 2.78 bits per heavy atom.